The molecular formula is C10H14ClFN2O2S. The van der Waals surface area contributed by atoms with Gasteiger partial charge in [0.05, 0.1) is 5.02 Å². The summed E-state index contributed by atoms with van der Waals surface area (Å²) in [5.74, 6) is -0.858. The summed E-state index contributed by atoms with van der Waals surface area (Å²) in [6.07, 6.45) is 1.30. The second kappa shape index (κ2) is 6.30. The Kier molecular flexibility index (Phi) is 5.32. The van der Waals surface area contributed by atoms with Crippen molar-refractivity contribution in [3.05, 3.63) is 29.0 Å². The number of benzene rings is 1. The van der Waals surface area contributed by atoms with Gasteiger partial charge in [-0.25, -0.2) is 17.5 Å². The highest BCUT2D eigenvalue weighted by Gasteiger charge is 2.21. The fraction of sp³-hybridized carbons (Fsp3) is 0.400. The second-order valence-corrected chi connectivity index (χ2v) is 5.56. The van der Waals surface area contributed by atoms with Crippen LogP contribution in [-0.2, 0) is 10.0 Å². The lowest BCUT2D eigenvalue weighted by molar-refractivity contribution is 0.554. The van der Waals surface area contributed by atoms with Crippen molar-refractivity contribution in [2.75, 3.05) is 13.1 Å². The van der Waals surface area contributed by atoms with Crippen LogP contribution in [0.2, 0.25) is 5.02 Å². The van der Waals surface area contributed by atoms with Gasteiger partial charge < -0.3 is 5.73 Å². The van der Waals surface area contributed by atoms with E-state index in [-0.39, 0.29) is 11.6 Å². The van der Waals surface area contributed by atoms with E-state index in [2.05, 4.69) is 4.72 Å². The molecule has 0 aliphatic rings. The van der Waals surface area contributed by atoms with E-state index >= 15 is 0 Å². The predicted octanol–water partition coefficient (Wildman–Crippen LogP) is 1.50. The fourth-order valence-electron chi connectivity index (χ4n) is 1.29. The van der Waals surface area contributed by atoms with Gasteiger partial charge in [-0.3, -0.25) is 0 Å². The molecule has 0 amide bonds. The minimum absolute atomic E-state index is 0.128. The lowest BCUT2D eigenvalue weighted by atomic mass is 10.3. The summed E-state index contributed by atoms with van der Waals surface area (Å²) in [5.41, 5.74) is 5.28. The van der Waals surface area contributed by atoms with Crippen molar-refractivity contribution in [2.24, 2.45) is 5.73 Å². The SMILES string of the molecule is NCCCCNS(=O)(=O)c1c(F)cccc1Cl. The van der Waals surface area contributed by atoms with Gasteiger partial charge in [-0.05, 0) is 31.5 Å². The van der Waals surface area contributed by atoms with E-state index in [4.69, 9.17) is 17.3 Å². The van der Waals surface area contributed by atoms with Crippen LogP contribution in [0.15, 0.2) is 23.1 Å². The van der Waals surface area contributed by atoms with E-state index in [1.807, 2.05) is 0 Å². The Morgan fingerprint density at radius 1 is 1.35 bits per heavy atom. The Balaban J connectivity index is 2.83. The van der Waals surface area contributed by atoms with Crippen molar-refractivity contribution < 1.29 is 12.8 Å². The number of hydrogen-bond acceptors (Lipinski definition) is 3. The van der Waals surface area contributed by atoms with Gasteiger partial charge in [0.1, 0.15) is 10.7 Å². The molecule has 0 aliphatic carbocycles. The van der Waals surface area contributed by atoms with E-state index in [0.717, 1.165) is 6.07 Å². The molecule has 0 fully saturated rings. The van der Waals surface area contributed by atoms with Crippen LogP contribution in [0.5, 0.6) is 0 Å². The smallest absolute Gasteiger partial charge is 0.244 e. The van der Waals surface area contributed by atoms with Crippen molar-refractivity contribution in [2.45, 2.75) is 17.7 Å². The highest BCUT2D eigenvalue weighted by molar-refractivity contribution is 7.89. The molecule has 4 nitrogen and oxygen atoms in total. The van der Waals surface area contributed by atoms with Gasteiger partial charge in [-0.15, -0.1) is 0 Å². The van der Waals surface area contributed by atoms with Gasteiger partial charge in [0, 0.05) is 6.54 Å². The summed E-state index contributed by atoms with van der Waals surface area (Å²) >= 11 is 5.67. The molecule has 1 rings (SSSR count). The molecule has 96 valence electrons. The largest absolute Gasteiger partial charge is 0.330 e. The first kappa shape index (κ1) is 14.4. The molecule has 0 saturated heterocycles. The van der Waals surface area contributed by atoms with Crippen LogP contribution >= 0.6 is 11.6 Å². The third-order valence-electron chi connectivity index (χ3n) is 2.11. The average molecular weight is 281 g/mol. The van der Waals surface area contributed by atoms with Gasteiger partial charge in [-0.1, -0.05) is 17.7 Å². The summed E-state index contributed by atoms with van der Waals surface area (Å²) in [7, 11) is -3.90. The topological polar surface area (TPSA) is 72.2 Å². The predicted molar refractivity (Wildman–Crippen MR) is 64.9 cm³/mol. The molecule has 0 saturated carbocycles. The Hall–Kier alpha value is -0.690. The minimum Gasteiger partial charge on any atom is -0.330 e. The summed E-state index contributed by atoms with van der Waals surface area (Å²) in [5, 5.41) is -0.128. The molecule has 0 heterocycles. The van der Waals surface area contributed by atoms with Gasteiger partial charge in [0.2, 0.25) is 10.0 Å². The van der Waals surface area contributed by atoms with E-state index in [1.54, 1.807) is 0 Å². The van der Waals surface area contributed by atoms with Crippen LogP contribution < -0.4 is 10.5 Å². The lowest BCUT2D eigenvalue weighted by Crippen LogP contribution is -2.26. The van der Waals surface area contributed by atoms with Gasteiger partial charge >= 0.3 is 0 Å². The third kappa shape index (κ3) is 3.92. The Morgan fingerprint density at radius 2 is 2.06 bits per heavy atom. The van der Waals surface area contributed by atoms with E-state index in [1.165, 1.54) is 12.1 Å². The number of nitrogens with two attached hydrogens (primary N) is 1. The molecule has 3 N–H and O–H groups in total. The van der Waals surface area contributed by atoms with E-state index in [0.29, 0.717) is 19.4 Å². The first-order valence-corrected chi connectivity index (χ1v) is 6.99. The maximum absolute atomic E-state index is 13.4. The molecular weight excluding hydrogens is 267 g/mol. The molecule has 0 spiro atoms. The normalized spacial score (nSPS) is 11.7. The molecule has 0 atom stereocenters. The van der Waals surface area contributed by atoms with Gasteiger partial charge in [0.25, 0.3) is 0 Å². The standard InChI is InChI=1S/C10H14ClFN2O2S/c11-8-4-3-5-9(12)10(8)17(15,16)14-7-2-1-6-13/h3-5,14H,1-2,6-7,13H2. The maximum atomic E-state index is 13.4. The van der Waals surface area contributed by atoms with Crippen LogP contribution in [0.3, 0.4) is 0 Å². The minimum atomic E-state index is -3.90. The van der Waals surface area contributed by atoms with Crippen LogP contribution in [0.4, 0.5) is 4.39 Å². The Labute approximate surface area is 105 Å². The summed E-state index contributed by atoms with van der Waals surface area (Å²) in [6.45, 7) is 0.701. The molecule has 0 unspecified atom stereocenters. The van der Waals surface area contributed by atoms with Crippen LogP contribution in [0.1, 0.15) is 12.8 Å². The van der Waals surface area contributed by atoms with Gasteiger partial charge in [0.15, 0.2) is 0 Å². The first-order chi connectivity index (χ1) is 7.99. The highest BCUT2D eigenvalue weighted by atomic mass is 35.5. The molecule has 0 aliphatic heterocycles. The number of unbranched alkanes of at least 4 members (excludes halogenated alkanes) is 1. The maximum Gasteiger partial charge on any atom is 0.244 e. The quantitative estimate of drug-likeness (QED) is 0.776. The molecule has 0 aromatic heterocycles. The van der Waals surface area contributed by atoms with Crippen molar-refractivity contribution in [3.63, 3.8) is 0 Å². The summed E-state index contributed by atoms with van der Waals surface area (Å²) in [4.78, 5) is -0.505. The van der Waals surface area contributed by atoms with E-state index < -0.39 is 20.7 Å². The Morgan fingerprint density at radius 3 is 2.65 bits per heavy atom. The van der Waals surface area contributed by atoms with E-state index in [9.17, 15) is 12.8 Å². The zero-order chi connectivity index (χ0) is 12.9. The zero-order valence-corrected chi connectivity index (χ0v) is 10.7. The van der Waals surface area contributed by atoms with Gasteiger partial charge in [-0.2, -0.15) is 0 Å². The molecule has 1 aromatic carbocycles. The molecule has 0 radical (unpaired) electrons. The van der Waals surface area contributed by atoms with Crippen molar-refractivity contribution in [1.29, 1.82) is 0 Å². The average Bonchev–Trinajstić information content (AvgIpc) is 2.24. The van der Waals surface area contributed by atoms with Crippen LogP contribution in [0, 0.1) is 5.82 Å². The molecule has 17 heavy (non-hydrogen) atoms. The monoisotopic (exact) mass is 280 g/mol. The summed E-state index contributed by atoms with van der Waals surface area (Å²) in [6, 6.07) is 3.74. The number of hydrogen-bond donors (Lipinski definition) is 2. The Bertz CT molecular complexity index is 459. The van der Waals surface area contributed by atoms with Crippen molar-refractivity contribution in [1.82, 2.24) is 4.72 Å². The number of nitrogens with one attached hydrogen (secondary N) is 1. The van der Waals surface area contributed by atoms with Crippen LogP contribution in [0.25, 0.3) is 0 Å². The second-order valence-electron chi connectivity index (χ2n) is 3.44. The van der Waals surface area contributed by atoms with Crippen molar-refractivity contribution in [3.8, 4) is 0 Å². The number of sulfonamides is 1. The molecule has 7 heteroatoms. The lowest BCUT2D eigenvalue weighted by Gasteiger charge is -2.08. The molecule has 0 bridgehead atoms. The third-order valence-corrected chi connectivity index (χ3v) is 4.07. The van der Waals surface area contributed by atoms with Crippen molar-refractivity contribution >= 4 is 21.6 Å². The number of halogens is 2. The number of rotatable bonds is 6. The zero-order valence-electron chi connectivity index (χ0n) is 9.12. The van der Waals surface area contributed by atoms with Crippen LogP contribution in [-0.4, -0.2) is 21.5 Å². The first-order valence-electron chi connectivity index (χ1n) is 5.13. The highest BCUT2D eigenvalue weighted by Crippen LogP contribution is 2.23. The molecule has 1 aromatic rings. The fourth-order valence-corrected chi connectivity index (χ4v) is 2.96. The summed E-state index contributed by atoms with van der Waals surface area (Å²) < 4.78 is 39.2.